The van der Waals surface area contributed by atoms with Gasteiger partial charge in [0, 0.05) is 37.6 Å². The summed E-state index contributed by atoms with van der Waals surface area (Å²) in [6.45, 7) is 3.84. The van der Waals surface area contributed by atoms with E-state index in [-0.39, 0.29) is 0 Å². The molecule has 0 atom stereocenters. The fourth-order valence-corrected chi connectivity index (χ4v) is 3.77. The van der Waals surface area contributed by atoms with Gasteiger partial charge in [-0.15, -0.1) is 0 Å². The Balaban J connectivity index is 1.40. The smallest absolute Gasteiger partial charge is 0.231 e. The first-order valence-electron chi connectivity index (χ1n) is 10.6. The van der Waals surface area contributed by atoms with Crippen molar-refractivity contribution in [3.8, 4) is 5.75 Å². The maximum atomic E-state index is 5.65. The zero-order valence-corrected chi connectivity index (χ0v) is 17.9. The van der Waals surface area contributed by atoms with Crippen molar-refractivity contribution in [2.45, 2.75) is 6.54 Å². The molecule has 1 aliphatic heterocycles. The number of nitrogens with zero attached hydrogens (tertiary/aromatic N) is 3. The lowest BCUT2D eigenvalue weighted by atomic mass is 10.2. The molecule has 8 heteroatoms. The first-order valence-corrected chi connectivity index (χ1v) is 10.6. The third-order valence-electron chi connectivity index (χ3n) is 5.44. The van der Waals surface area contributed by atoms with Crippen LogP contribution in [0.25, 0.3) is 11.0 Å². The lowest BCUT2D eigenvalue weighted by Crippen LogP contribution is -2.36. The van der Waals surface area contributed by atoms with Crippen LogP contribution < -0.4 is 20.3 Å². The topological polar surface area (TPSA) is 87.3 Å². The van der Waals surface area contributed by atoms with E-state index in [0.29, 0.717) is 12.5 Å². The summed E-state index contributed by atoms with van der Waals surface area (Å²) in [5.41, 5.74) is 3.73. The van der Waals surface area contributed by atoms with Crippen LogP contribution in [0.3, 0.4) is 0 Å². The summed E-state index contributed by atoms with van der Waals surface area (Å²) in [5, 5.41) is 7.65. The first-order chi connectivity index (χ1) is 15.8. The average molecular weight is 430 g/mol. The summed E-state index contributed by atoms with van der Waals surface area (Å²) in [5.74, 6) is 1.97. The number of aromatic nitrogens is 3. The maximum absolute atomic E-state index is 5.65. The van der Waals surface area contributed by atoms with Crippen molar-refractivity contribution >= 4 is 34.2 Å². The molecule has 3 heterocycles. The number of nitrogens with one attached hydrogen (secondary N) is 3. The Bertz CT molecular complexity index is 1190. The third-order valence-corrected chi connectivity index (χ3v) is 5.44. The van der Waals surface area contributed by atoms with Crippen molar-refractivity contribution in [2.75, 3.05) is 48.9 Å². The van der Waals surface area contributed by atoms with Crippen LogP contribution in [-0.4, -0.2) is 48.4 Å². The largest absolute Gasteiger partial charge is 0.494 e. The van der Waals surface area contributed by atoms with Crippen LogP contribution in [0.15, 0.2) is 54.7 Å². The quantitative estimate of drug-likeness (QED) is 0.410. The number of benzene rings is 2. The highest BCUT2D eigenvalue weighted by Gasteiger charge is 2.15. The molecule has 0 saturated carbocycles. The Morgan fingerprint density at radius 1 is 1.16 bits per heavy atom. The second-order valence-corrected chi connectivity index (χ2v) is 7.49. The maximum Gasteiger partial charge on any atom is 0.231 e. The van der Waals surface area contributed by atoms with E-state index in [1.807, 2.05) is 48.7 Å². The van der Waals surface area contributed by atoms with E-state index in [0.717, 1.165) is 65.8 Å². The number of hydrogen-bond acceptors (Lipinski definition) is 7. The number of aromatic amines is 1. The number of ether oxygens (including phenoxy) is 2. The van der Waals surface area contributed by atoms with Gasteiger partial charge in [0.25, 0.3) is 0 Å². The minimum atomic E-state index is 0.483. The van der Waals surface area contributed by atoms with Gasteiger partial charge in [0.1, 0.15) is 17.2 Å². The fourth-order valence-electron chi connectivity index (χ4n) is 3.77. The van der Waals surface area contributed by atoms with Gasteiger partial charge < -0.3 is 30.0 Å². The number of methoxy groups -OCH3 is 1. The Labute approximate surface area is 186 Å². The minimum absolute atomic E-state index is 0.483. The van der Waals surface area contributed by atoms with Crippen molar-refractivity contribution in [3.63, 3.8) is 0 Å². The number of hydrogen-bond donors (Lipinski definition) is 3. The minimum Gasteiger partial charge on any atom is -0.494 e. The van der Waals surface area contributed by atoms with Crippen molar-refractivity contribution in [3.05, 3.63) is 66.4 Å². The number of rotatable bonds is 7. The number of morpholine rings is 1. The number of fused-ring (bicyclic) bond motifs is 1. The molecule has 1 radical (unpaired) electrons. The molecule has 2 aromatic heterocycles. The first kappa shape index (κ1) is 20.1. The van der Waals surface area contributed by atoms with Gasteiger partial charge in [0.05, 0.1) is 31.4 Å². The van der Waals surface area contributed by atoms with Crippen molar-refractivity contribution in [1.29, 1.82) is 0 Å². The second kappa shape index (κ2) is 9.15. The molecule has 163 valence electrons. The molecular formula is C24H25N6O2. The molecule has 1 saturated heterocycles. The van der Waals surface area contributed by atoms with E-state index in [4.69, 9.17) is 14.5 Å². The van der Waals surface area contributed by atoms with Crippen LogP contribution in [0.2, 0.25) is 0 Å². The summed E-state index contributed by atoms with van der Waals surface area (Å²) in [6, 6.07) is 19.2. The zero-order valence-electron chi connectivity index (χ0n) is 17.9. The van der Waals surface area contributed by atoms with Gasteiger partial charge in [-0.2, -0.15) is 9.97 Å². The Kier molecular flexibility index (Phi) is 5.76. The molecule has 0 spiro atoms. The van der Waals surface area contributed by atoms with Gasteiger partial charge in [-0.05, 0) is 29.8 Å². The Hall–Kier alpha value is -3.78. The summed E-state index contributed by atoms with van der Waals surface area (Å²) in [6.07, 6.45) is 1.86. The average Bonchev–Trinajstić information content (AvgIpc) is 3.33. The lowest BCUT2D eigenvalue weighted by molar-refractivity contribution is 0.122. The normalized spacial score (nSPS) is 13.8. The molecule has 1 aliphatic rings. The summed E-state index contributed by atoms with van der Waals surface area (Å²) < 4.78 is 11.1. The van der Waals surface area contributed by atoms with Crippen LogP contribution in [0.5, 0.6) is 5.75 Å². The van der Waals surface area contributed by atoms with E-state index >= 15 is 0 Å². The predicted octanol–water partition coefficient (Wildman–Crippen LogP) is 3.96. The van der Waals surface area contributed by atoms with Crippen molar-refractivity contribution in [2.24, 2.45) is 0 Å². The van der Waals surface area contributed by atoms with Crippen molar-refractivity contribution < 1.29 is 9.47 Å². The Morgan fingerprint density at radius 3 is 2.88 bits per heavy atom. The highest BCUT2D eigenvalue weighted by Crippen LogP contribution is 2.32. The molecule has 4 aromatic rings. The Morgan fingerprint density at radius 2 is 2.06 bits per heavy atom. The second-order valence-electron chi connectivity index (χ2n) is 7.49. The van der Waals surface area contributed by atoms with Gasteiger partial charge in [-0.25, -0.2) is 0 Å². The van der Waals surface area contributed by atoms with Gasteiger partial charge >= 0.3 is 0 Å². The molecule has 2 aromatic carbocycles. The van der Waals surface area contributed by atoms with Gasteiger partial charge in [-0.3, -0.25) is 0 Å². The lowest BCUT2D eigenvalue weighted by Gasteiger charge is -2.29. The molecule has 32 heavy (non-hydrogen) atoms. The fraction of sp³-hybridized carbons (Fsp3) is 0.250. The summed E-state index contributed by atoms with van der Waals surface area (Å²) in [4.78, 5) is 14.8. The molecular weight excluding hydrogens is 404 g/mol. The highest BCUT2D eigenvalue weighted by molar-refractivity contribution is 5.88. The summed E-state index contributed by atoms with van der Waals surface area (Å²) >= 11 is 0. The molecule has 5 rings (SSSR count). The van der Waals surface area contributed by atoms with Crippen LogP contribution >= 0.6 is 0 Å². The molecule has 3 N–H and O–H groups in total. The van der Waals surface area contributed by atoms with E-state index in [1.165, 1.54) is 0 Å². The summed E-state index contributed by atoms with van der Waals surface area (Å²) in [7, 11) is 1.67. The van der Waals surface area contributed by atoms with Gasteiger partial charge in [0.2, 0.25) is 5.95 Å². The molecule has 0 amide bonds. The van der Waals surface area contributed by atoms with E-state index < -0.39 is 0 Å². The number of H-pyrrole nitrogens is 1. The molecule has 0 bridgehead atoms. The molecule has 0 aliphatic carbocycles. The molecule has 0 unspecified atom stereocenters. The SMILES string of the molecule is COc1cc(N2CCOCC2)ccc1Nc1nc(NCc2[c]cccc2)c2cc[nH]c2n1. The number of anilines is 4. The van der Waals surface area contributed by atoms with E-state index in [2.05, 4.69) is 37.6 Å². The van der Waals surface area contributed by atoms with Crippen LogP contribution in [0.1, 0.15) is 5.56 Å². The van der Waals surface area contributed by atoms with Crippen molar-refractivity contribution in [1.82, 2.24) is 15.0 Å². The van der Waals surface area contributed by atoms with E-state index in [9.17, 15) is 0 Å². The van der Waals surface area contributed by atoms with Gasteiger partial charge in [-0.1, -0.05) is 24.3 Å². The highest BCUT2D eigenvalue weighted by atomic mass is 16.5. The molecule has 1 fully saturated rings. The van der Waals surface area contributed by atoms with Crippen LogP contribution in [-0.2, 0) is 11.3 Å². The van der Waals surface area contributed by atoms with Crippen LogP contribution in [0, 0.1) is 6.07 Å². The third kappa shape index (κ3) is 4.31. The predicted molar refractivity (Wildman–Crippen MR) is 126 cm³/mol. The van der Waals surface area contributed by atoms with E-state index in [1.54, 1.807) is 7.11 Å². The monoisotopic (exact) mass is 429 g/mol. The molecule has 8 nitrogen and oxygen atoms in total. The standard InChI is InChI=1S/C24H25N6O2/c1-31-21-15-18(30-11-13-32-14-12-30)7-8-20(21)27-24-28-22-19(9-10-25-22)23(29-24)26-16-17-5-3-2-4-6-17/h2-5,7-10,15H,11-14,16H2,1H3,(H3,25,26,27,28,29). The zero-order chi connectivity index (χ0) is 21.8. The van der Waals surface area contributed by atoms with Gasteiger partial charge in [0.15, 0.2) is 0 Å². The van der Waals surface area contributed by atoms with Crippen LogP contribution in [0.4, 0.5) is 23.1 Å².